The summed E-state index contributed by atoms with van der Waals surface area (Å²) in [6.45, 7) is 2.13. The average Bonchev–Trinajstić information content (AvgIpc) is 3.10. The SMILES string of the molecule is Cc1ccc(C2=NN3[C@@H](C2)c2ccccc2OC32CCCCC2)cc1. The van der Waals surface area contributed by atoms with Crippen LogP contribution >= 0.6 is 0 Å². The van der Waals surface area contributed by atoms with Gasteiger partial charge in [-0.2, -0.15) is 5.10 Å². The first-order valence-corrected chi connectivity index (χ1v) is 9.47. The zero-order valence-corrected chi connectivity index (χ0v) is 14.7. The quantitative estimate of drug-likeness (QED) is 0.717. The van der Waals surface area contributed by atoms with Crippen LogP contribution in [0.2, 0.25) is 0 Å². The van der Waals surface area contributed by atoms with Gasteiger partial charge in [0.2, 0.25) is 0 Å². The van der Waals surface area contributed by atoms with Crippen molar-refractivity contribution in [2.45, 2.75) is 57.2 Å². The van der Waals surface area contributed by atoms with Gasteiger partial charge in [-0.15, -0.1) is 0 Å². The molecule has 0 saturated heterocycles. The molecule has 0 N–H and O–H groups in total. The Labute approximate surface area is 149 Å². The van der Waals surface area contributed by atoms with Crippen molar-refractivity contribution in [2.75, 3.05) is 0 Å². The molecule has 1 spiro atoms. The number of ether oxygens (including phenoxy) is 1. The van der Waals surface area contributed by atoms with Gasteiger partial charge in [0.15, 0.2) is 5.72 Å². The van der Waals surface area contributed by atoms with E-state index in [-0.39, 0.29) is 5.72 Å². The van der Waals surface area contributed by atoms with Crippen molar-refractivity contribution in [1.29, 1.82) is 0 Å². The normalized spacial score (nSPS) is 23.6. The van der Waals surface area contributed by atoms with Gasteiger partial charge >= 0.3 is 0 Å². The van der Waals surface area contributed by atoms with Crippen molar-refractivity contribution >= 4 is 5.71 Å². The fourth-order valence-corrected chi connectivity index (χ4v) is 4.58. The number of fused-ring (bicyclic) bond motifs is 4. The molecular weight excluding hydrogens is 308 g/mol. The molecule has 2 aromatic rings. The lowest BCUT2D eigenvalue weighted by Gasteiger charge is -2.49. The number of rotatable bonds is 1. The predicted octanol–water partition coefficient (Wildman–Crippen LogP) is 5.20. The Balaban J connectivity index is 1.59. The predicted molar refractivity (Wildman–Crippen MR) is 99.8 cm³/mol. The molecule has 2 aromatic carbocycles. The number of aryl methyl sites for hydroxylation is 1. The molecule has 1 saturated carbocycles. The summed E-state index contributed by atoms with van der Waals surface area (Å²) in [4.78, 5) is 0. The Morgan fingerprint density at radius 3 is 2.56 bits per heavy atom. The van der Waals surface area contributed by atoms with Gasteiger partial charge in [0.25, 0.3) is 0 Å². The molecule has 5 rings (SSSR count). The Morgan fingerprint density at radius 1 is 1.00 bits per heavy atom. The minimum atomic E-state index is -0.246. The average molecular weight is 332 g/mol. The molecule has 0 bridgehead atoms. The lowest BCUT2D eigenvalue weighted by molar-refractivity contribution is -0.140. The Kier molecular flexibility index (Phi) is 3.37. The second-order valence-electron chi connectivity index (χ2n) is 7.62. The summed E-state index contributed by atoms with van der Waals surface area (Å²) in [5, 5.41) is 7.42. The molecule has 0 amide bonds. The van der Waals surface area contributed by atoms with Crippen LogP contribution in [-0.4, -0.2) is 16.4 Å². The van der Waals surface area contributed by atoms with E-state index in [4.69, 9.17) is 9.84 Å². The van der Waals surface area contributed by atoms with Crippen molar-refractivity contribution in [3.8, 4) is 5.75 Å². The second kappa shape index (κ2) is 5.62. The third-order valence-corrected chi connectivity index (χ3v) is 5.93. The number of nitrogens with zero attached hydrogens (tertiary/aromatic N) is 2. The van der Waals surface area contributed by atoms with Crippen LogP contribution in [0, 0.1) is 6.92 Å². The number of hydrogen-bond donors (Lipinski definition) is 0. The topological polar surface area (TPSA) is 24.8 Å². The number of benzene rings is 2. The van der Waals surface area contributed by atoms with E-state index in [1.807, 2.05) is 0 Å². The van der Waals surface area contributed by atoms with Crippen LogP contribution in [0.25, 0.3) is 0 Å². The van der Waals surface area contributed by atoms with Crippen LogP contribution in [0.4, 0.5) is 0 Å². The fraction of sp³-hybridized carbons (Fsp3) is 0.409. The summed E-state index contributed by atoms with van der Waals surface area (Å²) >= 11 is 0. The highest BCUT2D eigenvalue weighted by molar-refractivity contribution is 6.02. The molecule has 0 aromatic heterocycles. The van der Waals surface area contributed by atoms with Crippen LogP contribution < -0.4 is 4.74 Å². The summed E-state index contributed by atoms with van der Waals surface area (Å²) in [6.07, 6.45) is 6.86. The largest absolute Gasteiger partial charge is 0.466 e. The van der Waals surface area contributed by atoms with E-state index < -0.39 is 0 Å². The van der Waals surface area contributed by atoms with E-state index in [1.165, 1.54) is 41.7 Å². The van der Waals surface area contributed by atoms with Gasteiger partial charge in [0.05, 0.1) is 11.8 Å². The van der Waals surface area contributed by atoms with E-state index in [0.717, 1.165) is 25.0 Å². The van der Waals surface area contributed by atoms with E-state index in [9.17, 15) is 0 Å². The maximum absolute atomic E-state index is 6.60. The van der Waals surface area contributed by atoms with Crippen molar-refractivity contribution in [2.24, 2.45) is 5.10 Å². The summed E-state index contributed by atoms with van der Waals surface area (Å²) in [5.74, 6) is 1.06. The fourth-order valence-electron chi connectivity index (χ4n) is 4.58. The lowest BCUT2D eigenvalue weighted by Crippen LogP contribution is -2.54. The summed E-state index contributed by atoms with van der Waals surface area (Å²) in [5.41, 5.74) is 4.75. The third kappa shape index (κ3) is 2.37. The zero-order valence-electron chi connectivity index (χ0n) is 14.7. The zero-order chi connectivity index (χ0) is 16.9. The van der Waals surface area contributed by atoms with Gasteiger partial charge < -0.3 is 4.74 Å². The minimum absolute atomic E-state index is 0.246. The van der Waals surface area contributed by atoms with Crippen molar-refractivity contribution in [1.82, 2.24) is 5.01 Å². The van der Waals surface area contributed by atoms with Crippen LogP contribution in [0.1, 0.15) is 61.3 Å². The molecule has 128 valence electrons. The third-order valence-electron chi connectivity index (χ3n) is 5.93. The maximum atomic E-state index is 6.60. The maximum Gasteiger partial charge on any atom is 0.198 e. The van der Waals surface area contributed by atoms with Gasteiger partial charge in [0, 0.05) is 24.8 Å². The monoisotopic (exact) mass is 332 g/mol. The highest BCUT2D eigenvalue weighted by Crippen LogP contribution is 2.51. The van der Waals surface area contributed by atoms with E-state index >= 15 is 0 Å². The van der Waals surface area contributed by atoms with Crippen LogP contribution in [0.5, 0.6) is 5.75 Å². The number of hydrogen-bond acceptors (Lipinski definition) is 3. The molecule has 1 atom stereocenters. The summed E-state index contributed by atoms with van der Waals surface area (Å²) < 4.78 is 6.60. The van der Waals surface area contributed by atoms with E-state index in [1.54, 1.807) is 0 Å². The first-order valence-electron chi connectivity index (χ1n) is 9.47. The highest BCUT2D eigenvalue weighted by Gasteiger charge is 2.50. The van der Waals surface area contributed by atoms with Crippen LogP contribution in [0.15, 0.2) is 53.6 Å². The number of para-hydroxylation sites is 1. The van der Waals surface area contributed by atoms with Crippen molar-refractivity contribution in [3.63, 3.8) is 0 Å². The second-order valence-corrected chi connectivity index (χ2v) is 7.62. The molecule has 2 aliphatic heterocycles. The summed E-state index contributed by atoms with van der Waals surface area (Å²) in [6, 6.07) is 17.6. The molecule has 3 heteroatoms. The Morgan fingerprint density at radius 2 is 1.76 bits per heavy atom. The molecule has 25 heavy (non-hydrogen) atoms. The lowest BCUT2D eigenvalue weighted by atomic mass is 9.86. The molecule has 0 radical (unpaired) electrons. The molecule has 1 fully saturated rings. The van der Waals surface area contributed by atoms with Gasteiger partial charge in [-0.05, 0) is 31.4 Å². The molecular formula is C22H24N2O. The van der Waals surface area contributed by atoms with Gasteiger partial charge in [-0.3, -0.25) is 0 Å². The Hall–Kier alpha value is -2.29. The standard InChI is InChI=1S/C22H24N2O/c1-16-9-11-17(12-10-16)19-15-20-18-7-3-4-8-21(18)25-22(24(20)23-19)13-5-2-6-14-22/h3-4,7-12,20H,2,5-6,13-15H2,1H3/t20-/m0/s1. The van der Waals surface area contributed by atoms with E-state index in [2.05, 4.69) is 60.5 Å². The Bertz CT molecular complexity index is 818. The molecule has 2 heterocycles. The molecule has 3 nitrogen and oxygen atoms in total. The minimum Gasteiger partial charge on any atom is -0.466 e. The molecule has 3 aliphatic rings. The van der Waals surface area contributed by atoms with Gasteiger partial charge in [-0.25, -0.2) is 5.01 Å². The first-order chi connectivity index (χ1) is 12.3. The van der Waals surface area contributed by atoms with E-state index in [0.29, 0.717) is 6.04 Å². The highest BCUT2D eigenvalue weighted by atomic mass is 16.5. The first kappa shape index (κ1) is 15.0. The van der Waals surface area contributed by atoms with Crippen molar-refractivity contribution in [3.05, 3.63) is 65.2 Å². The van der Waals surface area contributed by atoms with Gasteiger partial charge in [-0.1, -0.05) is 54.4 Å². The van der Waals surface area contributed by atoms with Crippen molar-refractivity contribution < 1.29 is 4.74 Å². The van der Waals surface area contributed by atoms with Crippen LogP contribution in [-0.2, 0) is 0 Å². The van der Waals surface area contributed by atoms with Gasteiger partial charge in [0.1, 0.15) is 5.75 Å². The molecule has 1 aliphatic carbocycles. The van der Waals surface area contributed by atoms with Crippen LogP contribution in [0.3, 0.4) is 0 Å². The molecule has 0 unspecified atom stereocenters. The summed E-state index contributed by atoms with van der Waals surface area (Å²) in [7, 11) is 0. The smallest absolute Gasteiger partial charge is 0.198 e. The number of hydrazone groups is 1.